The SMILES string of the molecule is N#Cc1cc(O)cc(C(=O)N=C(N)N)c1. The van der Waals surface area contributed by atoms with E-state index in [1.165, 1.54) is 18.2 Å². The van der Waals surface area contributed by atoms with Crippen molar-refractivity contribution in [2.24, 2.45) is 16.5 Å². The number of aliphatic imine (C=N–C) groups is 1. The van der Waals surface area contributed by atoms with Gasteiger partial charge in [0.05, 0.1) is 11.6 Å². The molecule has 0 bridgehead atoms. The number of rotatable bonds is 1. The van der Waals surface area contributed by atoms with Crippen LogP contribution in [0, 0.1) is 11.3 Å². The number of benzene rings is 1. The van der Waals surface area contributed by atoms with E-state index in [1.807, 2.05) is 0 Å². The maximum Gasteiger partial charge on any atom is 0.280 e. The fourth-order valence-corrected chi connectivity index (χ4v) is 0.981. The number of nitrogens with two attached hydrogens (primary N) is 2. The third-order valence-corrected chi connectivity index (χ3v) is 1.52. The molecule has 1 aromatic carbocycles. The number of nitriles is 1. The molecule has 0 aromatic heterocycles. The number of amides is 1. The van der Waals surface area contributed by atoms with Gasteiger partial charge in [0.1, 0.15) is 5.75 Å². The van der Waals surface area contributed by atoms with Crippen LogP contribution < -0.4 is 11.5 Å². The minimum absolute atomic E-state index is 0.0555. The van der Waals surface area contributed by atoms with Crippen LogP contribution in [0.2, 0.25) is 0 Å². The molecule has 0 saturated heterocycles. The van der Waals surface area contributed by atoms with Gasteiger partial charge in [-0.15, -0.1) is 0 Å². The highest BCUT2D eigenvalue weighted by molar-refractivity contribution is 6.02. The van der Waals surface area contributed by atoms with Crippen LogP contribution in [0.15, 0.2) is 23.2 Å². The monoisotopic (exact) mass is 204 g/mol. The number of carbonyl (C=O) groups is 1. The van der Waals surface area contributed by atoms with E-state index < -0.39 is 5.91 Å². The molecule has 0 radical (unpaired) electrons. The number of hydrogen-bond donors (Lipinski definition) is 3. The third kappa shape index (κ3) is 2.70. The minimum Gasteiger partial charge on any atom is -0.508 e. The molecule has 0 aliphatic heterocycles. The second-order valence-corrected chi connectivity index (χ2v) is 2.72. The molecule has 0 aliphatic carbocycles. The zero-order valence-electron chi connectivity index (χ0n) is 7.64. The Morgan fingerprint density at radius 2 is 2.07 bits per heavy atom. The maximum atomic E-state index is 11.3. The van der Waals surface area contributed by atoms with E-state index in [-0.39, 0.29) is 22.8 Å². The van der Waals surface area contributed by atoms with Gasteiger partial charge in [-0.1, -0.05) is 0 Å². The highest BCUT2D eigenvalue weighted by atomic mass is 16.3. The molecule has 0 unspecified atom stereocenters. The fourth-order valence-electron chi connectivity index (χ4n) is 0.981. The van der Waals surface area contributed by atoms with Gasteiger partial charge in [0, 0.05) is 5.56 Å². The fraction of sp³-hybridized carbons (Fsp3) is 0. The second-order valence-electron chi connectivity index (χ2n) is 2.72. The molecule has 0 atom stereocenters. The Kier molecular flexibility index (Phi) is 2.88. The van der Waals surface area contributed by atoms with Gasteiger partial charge in [0.2, 0.25) is 0 Å². The van der Waals surface area contributed by atoms with E-state index in [1.54, 1.807) is 6.07 Å². The number of guanidine groups is 1. The van der Waals surface area contributed by atoms with Crippen molar-refractivity contribution >= 4 is 11.9 Å². The van der Waals surface area contributed by atoms with Gasteiger partial charge < -0.3 is 16.6 Å². The topological polar surface area (TPSA) is 125 Å². The second kappa shape index (κ2) is 4.11. The summed E-state index contributed by atoms with van der Waals surface area (Å²) in [6, 6.07) is 5.48. The van der Waals surface area contributed by atoms with Gasteiger partial charge in [-0.3, -0.25) is 4.79 Å². The Morgan fingerprint density at radius 1 is 1.40 bits per heavy atom. The van der Waals surface area contributed by atoms with Crippen LogP contribution in [0.1, 0.15) is 15.9 Å². The average molecular weight is 204 g/mol. The van der Waals surface area contributed by atoms with Crippen molar-refractivity contribution in [3.8, 4) is 11.8 Å². The van der Waals surface area contributed by atoms with E-state index >= 15 is 0 Å². The van der Waals surface area contributed by atoms with Gasteiger partial charge in [-0.25, -0.2) is 0 Å². The molecular formula is C9H8N4O2. The average Bonchev–Trinajstić information content (AvgIpc) is 2.15. The highest BCUT2D eigenvalue weighted by Crippen LogP contribution is 2.15. The molecular weight excluding hydrogens is 196 g/mol. The van der Waals surface area contributed by atoms with Crippen LogP contribution in [0.3, 0.4) is 0 Å². The Balaban J connectivity index is 3.16. The molecule has 6 heteroatoms. The number of phenols is 1. The quantitative estimate of drug-likeness (QED) is 0.426. The van der Waals surface area contributed by atoms with Crippen LogP contribution in [-0.4, -0.2) is 17.0 Å². The summed E-state index contributed by atoms with van der Waals surface area (Å²) in [4.78, 5) is 14.6. The smallest absolute Gasteiger partial charge is 0.280 e. The molecule has 6 nitrogen and oxygen atoms in total. The summed E-state index contributed by atoms with van der Waals surface area (Å²) in [6.45, 7) is 0. The van der Waals surface area contributed by atoms with Crippen molar-refractivity contribution in [2.45, 2.75) is 0 Å². The van der Waals surface area contributed by atoms with Gasteiger partial charge >= 0.3 is 0 Å². The highest BCUT2D eigenvalue weighted by Gasteiger charge is 2.07. The lowest BCUT2D eigenvalue weighted by Gasteiger charge is -1.98. The molecule has 1 amide bonds. The van der Waals surface area contributed by atoms with Crippen LogP contribution in [-0.2, 0) is 0 Å². The summed E-state index contributed by atoms with van der Waals surface area (Å²) in [6.07, 6.45) is 0. The third-order valence-electron chi connectivity index (χ3n) is 1.52. The zero-order valence-corrected chi connectivity index (χ0v) is 7.64. The van der Waals surface area contributed by atoms with E-state index in [0.29, 0.717) is 0 Å². The van der Waals surface area contributed by atoms with Crippen molar-refractivity contribution in [1.82, 2.24) is 0 Å². The standard InChI is InChI=1S/C9H8N4O2/c10-4-5-1-6(3-7(14)2-5)8(15)13-9(11)12/h1-3,14H,(H4,11,12,13,15). The van der Waals surface area contributed by atoms with Crippen molar-refractivity contribution in [2.75, 3.05) is 0 Å². The van der Waals surface area contributed by atoms with E-state index in [4.69, 9.17) is 16.7 Å². The lowest BCUT2D eigenvalue weighted by Crippen LogP contribution is -2.24. The largest absolute Gasteiger partial charge is 0.508 e. The molecule has 1 rings (SSSR count). The molecule has 5 N–H and O–H groups in total. The predicted octanol–water partition coefficient (Wildman–Crippen LogP) is -0.323. The minimum atomic E-state index is -0.706. The van der Waals surface area contributed by atoms with Crippen LogP contribution in [0.4, 0.5) is 0 Å². The van der Waals surface area contributed by atoms with Crippen LogP contribution in [0.5, 0.6) is 5.75 Å². The molecule has 1 aromatic rings. The van der Waals surface area contributed by atoms with Crippen LogP contribution in [0.25, 0.3) is 0 Å². The van der Waals surface area contributed by atoms with Gasteiger partial charge in [0.25, 0.3) is 5.91 Å². The predicted molar refractivity (Wildman–Crippen MR) is 53.0 cm³/mol. The zero-order chi connectivity index (χ0) is 11.4. The Morgan fingerprint density at radius 3 is 2.60 bits per heavy atom. The number of phenolic OH excluding ortho intramolecular Hbond substituents is 1. The first-order valence-corrected chi connectivity index (χ1v) is 3.91. The molecule has 0 spiro atoms. The number of nitrogens with zero attached hydrogens (tertiary/aromatic N) is 2. The Labute approximate surface area is 85.4 Å². The molecule has 0 aliphatic rings. The molecule has 15 heavy (non-hydrogen) atoms. The van der Waals surface area contributed by atoms with Crippen molar-refractivity contribution in [1.29, 1.82) is 5.26 Å². The van der Waals surface area contributed by atoms with Crippen molar-refractivity contribution in [3.63, 3.8) is 0 Å². The molecule has 0 heterocycles. The first-order valence-electron chi connectivity index (χ1n) is 3.91. The summed E-state index contributed by atoms with van der Waals surface area (Å²) in [7, 11) is 0. The normalized spacial score (nSPS) is 9.00. The number of aromatic hydroxyl groups is 1. The lowest BCUT2D eigenvalue weighted by atomic mass is 10.1. The lowest BCUT2D eigenvalue weighted by molar-refractivity contribution is 0.100. The maximum absolute atomic E-state index is 11.3. The Bertz CT molecular complexity index is 469. The molecule has 0 fully saturated rings. The van der Waals surface area contributed by atoms with Gasteiger partial charge in [-0.05, 0) is 18.2 Å². The molecule has 0 saturated carbocycles. The number of carbonyl (C=O) groups excluding carboxylic acids is 1. The van der Waals surface area contributed by atoms with E-state index in [0.717, 1.165) is 0 Å². The van der Waals surface area contributed by atoms with Gasteiger partial charge in [-0.2, -0.15) is 10.3 Å². The summed E-state index contributed by atoms with van der Waals surface area (Å²) in [5.74, 6) is -1.27. The van der Waals surface area contributed by atoms with E-state index in [2.05, 4.69) is 4.99 Å². The summed E-state index contributed by atoms with van der Waals surface area (Å²) in [5, 5.41) is 17.8. The van der Waals surface area contributed by atoms with Crippen LogP contribution >= 0.6 is 0 Å². The Hall–Kier alpha value is -2.55. The van der Waals surface area contributed by atoms with Crippen molar-refractivity contribution in [3.05, 3.63) is 29.3 Å². The first kappa shape index (κ1) is 10.5. The molecule has 76 valence electrons. The summed E-state index contributed by atoms with van der Waals surface area (Å²) in [5.41, 5.74) is 10.2. The summed E-state index contributed by atoms with van der Waals surface area (Å²) < 4.78 is 0. The summed E-state index contributed by atoms with van der Waals surface area (Å²) >= 11 is 0. The van der Waals surface area contributed by atoms with Gasteiger partial charge in [0.15, 0.2) is 5.96 Å². The van der Waals surface area contributed by atoms with E-state index in [9.17, 15) is 9.90 Å². The first-order chi connectivity index (χ1) is 7.02. The number of hydrogen-bond acceptors (Lipinski definition) is 3. The van der Waals surface area contributed by atoms with Crippen molar-refractivity contribution < 1.29 is 9.90 Å².